The predicted octanol–water partition coefficient (Wildman–Crippen LogP) is -0.0483. The summed E-state index contributed by atoms with van der Waals surface area (Å²) in [4.78, 5) is 38.3. The van der Waals surface area contributed by atoms with E-state index in [0.717, 1.165) is 0 Å². The summed E-state index contributed by atoms with van der Waals surface area (Å²) in [5, 5.41) is 27.8. The van der Waals surface area contributed by atoms with Crippen LogP contribution in [-0.2, 0) is 42.4 Å². The molecule has 0 aliphatic carbocycles. The molecule has 268 valence electrons. The highest BCUT2D eigenvalue weighted by Gasteiger charge is 2.54. The van der Waals surface area contributed by atoms with Crippen LogP contribution >= 0.6 is 7.67 Å². The number of carbonyl (C=O) groups excluding carboxylic acids is 2. The van der Waals surface area contributed by atoms with Crippen molar-refractivity contribution in [3.63, 3.8) is 0 Å². The van der Waals surface area contributed by atoms with Crippen LogP contribution in [0.3, 0.4) is 0 Å². The van der Waals surface area contributed by atoms with Gasteiger partial charge in [0.15, 0.2) is 17.4 Å². The fourth-order valence-corrected chi connectivity index (χ4v) is 7.44. The first-order chi connectivity index (χ1) is 22.8. The quantitative estimate of drug-likeness (QED) is 0.136. The molecule has 0 aromatic carbocycles. The minimum atomic E-state index is -4.30. The molecule has 3 fully saturated rings. The Morgan fingerprint density at radius 1 is 1.06 bits per heavy atom. The molecule has 2 aromatic rings. The third kappa shape index (κ3) is 8.23. The number of hydrogen-bond acceptors (Lipinski definition) is 16. The van der Waals surface area contributed by atoms with Gasteiger partial charge in [0.05, 0.1) is 46.5 Å². The first-order valence-electron chi connectivity index (χ1n) is 15.8. The lowest BCUT2D eigenvalue weighted by molar-refractivity contribution is -0.155. The van der Waals surface area contributed by atoms with Gasteiger partial charge < -0.3 is 48.9 Å². The maximum Gasteiger partial charge on any atom is 0.342 e. The molecule has 0 spiro atoms. The van der Waals surface area contributed by atoms with Gasteiger partial charge in [-0.1, -0.05) is 0 Å². The van der Waals surface area contributed by atoms with E-state index in [1.54, 1.807) is 0 Å². The van der Waals surface area contributed by atoms with Crippen LogP contribution in [0.4, 0.5) is 5.95 Å². The van der Waals surface area contributed by atoms with Crippen molar-refractivity contribution < 1.29 is 57.3 Å². The number of fused-ring (bicyclic) bond motifs is 1. The van der Waals surface area contributed by atoms with Gasteiger partial charge in [-0.25, -0.2) is 15.2 Å². The number of imidazole rings is 1. The minimum Gasteiger partial charge on any atom is -0.479 e. The largest absolute Gasteiger partial charge is 0.479 e. The fourth-order valence-electron chi connectivity index (χ4n) is 5.62. The zero-order chi connectivity index (χ0) is 34.6. The zero-order valence-corrected chi connectivity index (χ0v) is 28.2. The number of nitrogens with two attached hydrogens (primary N) is 1. The number of anilines is 1. The molecule has 0 bridgehead atoms. The van der Waals surface area contributed by atoms with Crippen molar-refractivity contribution in [2.75, 3.05) is 45.9 Å². The number of esters is 2. The summed E-state index contributed by atoms with van der Waals surface area (Å²) < 4.78 is 54.5. The normalized spacial score (nSPS) is 28.1. The molecule has 6 unspecified atom stereocenters. The number of carbonyl (C=O) groups is 2. The standard InChI is InChI=1S/C28H44N7O12P/c1-15(24(37)45-17-5-9-42-10-6-17)33-48(40,34-16(2)25(38)46-18-7-11-43-12-8-18)44-13-19-21(36)28(3,39)26(47-19)35-14-30-20-22(35)31-27(29)32-23(20)41-4/h14-19,21,26,36,39H,5-13H2,1-4H3,(H2,29,31,32)(H2,33,34,40). The van der Waals surface area contributed by atoms with Gasteiger partial charge in [0.1, 0.15) is 42.1 Å². The second-order valence-corrected chi connectivity index (χ2v) is 14.0. The number of nitrogens with one attached hydrogen (secondary N) is 2. The Balaban J connectivity index is 1.31. The summed E-state index contributed by atoms with van der Waals surface area (Å²) >= 11 is 0. The van der Waals surface area contributed by atoms with Gasteiger partial charge in [-0.2, -0.15) is 9.97 Å². The van der Waals surface area contributed by atoms with Crippen LogP contribution in [-0.4, -0.2) is 124 Å². The highest BCUT2D eigenvalue weighted by Crippen LogP contribution is 2.44. The van der Waals surface area contributed by atoms with Crippen LogP contribution in [0, 0.1) is 0 Å². The monoisotopic (exact) mass is 701 g/mol. The van der Waals surface area contributed by atoms with Crippen LogP contribution in [0.5, 0.6) is 5.88 Å². The van der Waals surface area contributed by atoms with E-state index < -0.39 is 62.3 Å². The number of methoxy groups -OCH3 is 1. The highest BCUT2D eigenvalue weighted by molar-refractivity contribution is 7.54. The first-order valence-corrected chi connectivity index (χ1v) is 17.4. The molecule has 0 amide bonds. The number of rotatable bonds is 13. The van der Waals surface area contributed by atoms with Crippen molar-refractivity contribution >= 4 is 36.7 Å². The van der Waals surface area contributed by atoms with Crippen molar-refractivity contribution in [3.8, 4) is 5.88 Å². The Hall–Kier alpha value is -3.00. The van der Waals surface area contributed by atoms with Gasteiger partial charge in [-0.15, -0.1) is 0 Å². The number of nitrogens with zero attached hydrogens (tertiary/aromatic N) is 4. The average molecular weight is 702 g/mol. The summed E-state index contributed by atoms with van der Waals surface area (Å²) in [5.41, 5.74) is 4.31. The Morgan fingerprint density at radius 2 is 1.60 bits per heavy atom. The molecule has 0 radical (unpaired) electrons. The van der Waals surface area contributed by atoms with Crippen molar-refractivity contribution in [2.45, 2.75) is 94.8 Å². The van der Waals surface area contributed by atoms with E-state index in [1.165, 1.54) is 38.8 Å². The Labute approximate surface area is 276 Å². The topological polar surface area (TPSA) is 250 Å². The average Bonchev–Trinajstić information content (AvgIpc) is 3.57. The van der Waals surface area contributed by atoms with E-state index in [-0.39, 0.29) is 35.2 Å². The van der Waals surface area contributed by atoms with Crippen LogP contribution in [0.2, 0.25) is 0 Å². The Morgan fingerprint density at radius 3 is 2.12 bits per heavy atom. The highest BCUT2D eigenvalue weighted by atomic mass is 31.2. The molecule has 20 heteroatoms. The molecule has 19 nitrogen and oxygen atoms in total. The van der Waals surface area contributed by atoms with E-state index in [1.807, 2.05) is 0 Å². The third-order valence-electron chi connectivity index (χ3n) is 8.36. The summed E-state index contributed by atoms with van der Waals surface area (Å²) in [7, 11) is -2.91. The van der Waals surface area contributed by atoms with E-state index in [2.05, 4.69) is 25.1 Å². The third-order valence-corrected chi connectivity index (χ3v) is 10.3. The van der Waals surface area contributed by atoms with Gasteiger partial charge in [-0.3, -0.25) is 18.7 Å². The van der Waals surface area contributed by atoms with E-state index in [9.17, 15) is 24.4 Å². The number of ether oxygens (including phenoxy) is 6. The number of aliphatic hydroxyl groups excluding tert-OH is 1. The summed E-state index contributed by atoms with van der Waals surface area (Å²) in [5.74, 6) is -1.39. The summed E-state index contributed by atoms with van der Waals surface area (Å²) in [6.07, 6.45) is -1.39. The maximum atomic E-state index is 14.3. The lowest BCUT2D eigenvalue weighted by Crippen LogP contribution is -2.46. The molecule has 6 N–H and O–H groups in total. The molecule has 5 rings (SSSR count). The van der Waals surface area contributed by atoms with Gasteiger partial charge in [0.2, 0.25) is 11.8 Å². The van der Waals surface area contributed by atoms with E-state index >= 15 is 0 Å². The summed E-state index contributed by atoms with van der Waals surface area (Å²) in [6, 6.07) is -2.29. The number of aliphatic hydroxyl groups is 2. The van der Waals surface area contributed by atoms with Gasteiger partial charge in [0, 0.05) is 25.7 Å². The van der Waals surface area contributed by atoms with E-state index in [0.29, 0.717) is 52.1 Å². The smallest absolute Gasteiger partial charge is 0.342 e. The summed E-state index contributed by atoms with van der Waals surface area (Å²) in [6.45, 7) is 5.48. The molecule has 5 heterocycles. The SMILES string of the molecule is COc1nc(N)nc2c1ncn2C1OC(COP(=O)(NC(C)C(=O)OC2CCOCC2)NC(C)C(=O)OC2CCOCC2)C(O)C1(C)O. The molecular weight excluding hydrogens is 657 g/mol. The number of nitrogen functional groups attached to an aromatic ring is 1. The van der Waals surface area contributed by atoms with Crippen molar-refractivity contribution in [1.82, 2.24) is 29.7 Å². The molecule has 3 saturated heterocycles. The van der Waals surface area contributed by atoms with E-state index in [4.69, 9.17) is 38.7 Å². The molecule has 0 saturated carbocycles. The lowest BCUT2D eigenvalue weighted by atomic mass is 9.96. The maximum absolute atomic E-state index is 14.3. The molecule has 6 atom stereocenters. The second kappa shape index (κ2) is 15.3. The van der Waals surface area contributed by atoms with Crippen molar-refractivity contribution in [2.24, 2.45) is 0 Å². The fraction of sp³-hybridized carbons (Fsp3) is 0.750. The molecular formula is C28H44N7O12P. The minimum absolute atomic E-state index is 0.0985. The Kier molecular flexibility index (Phi) is 11.5. The van der Waals surface area contributed by atoms with Crippen LogP contribution in [0.1, 0.15) is 52.7 Å². The zero-order valence-electron chi connectivity index (χ0n) is 27.3. The van der Waals surface area contributed by atoms with Gasteiger partial charge in [-0.05, 0) is 20.8 Å². The molecule has 2 aromatic heterocycles. The van der Waals surface area contributed by atoms with Crippen molar-refractivity contribution in [1.29, 1.82) is 0 Å². The van der Waals surface area contributed by atoms with Gasteiger partial charge >= 0.3 is 19.6 Å². The predicted molar refractivity (Wildman–Crippen MR) is 165 cm³/mol. The molecule has 3 aliphatic heterocycles. The van der Waals surface area contributed by atoms with Gasteiger partial charge in [0.25, 0.3) is 0 Å². The second-order valence-electron chi connectivity index (χ2n) is 12.2. The number of hydrogen-bond donors (Lipinski definition) is 5. The molecule has 3 aliphatic rings. The first kappa shape index (κ1) is 36.3. The van der Waals surface area contributed by atoms with Crippen molar-refractivity contribution in [3.05, 3.63) is 6.33 Å². The lowest BCUT2D eigenvalue weighted by Gasteiger charge is -2.29. The molecule has 48 heavy (non-hydrogen) atoms. The Bertz CT molecular complexity index is 1440. The number of aromatic nitrogens is 4. The van der Waals surface area contributed by atoms with Crippen LogP contribution in [0.25, 0.3) is 11.2 Å². The van der Waals surface area contributed by atoms with Crippen LogP contribution in [0.15, 0.2) is 6.33 Å². The van der Waals surface area contributed by atoms with Crippen LogP contribution < -0.4 is 20.6 Å².